The molecule has 4 rings (SSSR count). The first-order valence-electron chi connectivity index (χ1n) is 11.5. The third-order valence-electron chi connectivity index (χ3n) is 6.27. The Hall–Kier alpha value is -3.16. The first-order valence-corrected chi connectivity index (χ1v) is 13.2. The fourth-order valence-electron chi connectivity index (χ4n) is 4.22. The SMILES string of the molecule is C[C@H](NC(=O)Nc1ccc(S(=O)(=O)Cc2ccc3c(c2)CCN(C)CC3)cc1)c1ccccc1. The van der Waals surface area contributed by atoms with Crippen LogP contribution in [0.5, 0.6) is 0 Å². The van der Waals surface area contributed by atoms with Crippen LogP contribution in [0.15, 0.2) is 77.7 Å². The van der Waals surface area contributed by atoms with E-state index >= 15 is 0 Å². The quantitative estimate of drug-likeness (QED) is 0.545. The molecule has 1 atom stereocenters. The van der Waals surface area contributed by atoms with Crippen molar-refractivity contribution in [2.75, 3.05) is 25.5 Å². The first-order chi connectivity index (χ1) is 16.3. The topological polar surface area (TPSA) is 78.5 Å². The standard InChI is InChI=1S/C27H31N3O3S/c1-20(22-6-4-3-5-7-22)28-27(31)29-25-10-12-26(13-11-25)34(32,33)19-21-8-9-23-14-16-30(2)17-15-24(23)18-21/h3-13,18,20H,14-17,19H2,1-2H3,(H2,28,29,31)/t20-/m0/s1. The highest BCUT2D eigenvalue weighted by Crippen LogP contribution is 2.23. The van der Waals surface area contributed by atoms with Crippen molar-refractivity contribution < 1.29 is 13.2 Å². The summed E-state index contributed by atoms with van der Waals surface area (Å²) in [6, 6.07) is 21.6. The van der Waals surface area contributed by atoms with Crippen LogP contribution >= 0.6 is 0 Å². The number of benzene rings is 3. The maximum atomic E-state index is 13.0. The molecule has 1 aliphatic heterocycles. The molecule has 0 unspecified atom stereocenters. The molecule has 0 saturated heterocycles. The number of sulfone groups is 1. The predicted octanol–water partition coefficient (Wildman–Crippen LogP) is 4.57. The second-order valence-corrected chi connectivity index (χ2v) is 10.9. The van der Waals surface area contributed by atoms with E-state index in [2.05, 4.69) is 28.6 Å². The minimum Gasteiger partial charge on any atom is -0.331 e. The van der Waals surface area contributed by atoms with E-state index in [4.69, 9.17) is 0 Å². The van der Waals surface area contributed by atoms with Crippen LogP contribution < -0.4 is 10.6 Å². The van der Waals surface area contributed by atoms with Gasteiger partial charge in [0.15, 0.2) is 9.84 Å². The smallest absolute Gasteiger partial charge is 0.319 e. The molecule has 0 radical (unpaired) electrons. The van der Waals surface area contributed by atoms with Gasteiger partial charge in [0.1, 0.15) is 0 Å². The van der Waals surface area contributed by atoms with E-state index in [1.807, 2.05) is 49.4 Å². The monoisotopic (exact) mass is 477 g/mol. The van der Waals surface area contributed by atoms with Crippen LogP contribution in [0, 0.1) is 0 Å². The number of anilines is 1. The van der Waals surface area contributed by atoms with Gasteiger partial charge in [-0.25, -0.2) is 13.2 Å². The van der Waals surface area contributed by atoms with Crippen LogP contribution in [0.3, 0.4) is 0 Å². The van der Waals surface area contributed by atoms with Crippen molar-refractivity contribution in [2.45, 2.75) is 36.5 Å². The maximum absolute atomic E-state index is 13.0. The molecule has 6 nitrogen and oxygen atoms in total. The Morgan fingerprint density at radius 1 is 0.941 bits per heavy atom. The number of nitrogens with one attached hydrogen (secondary N) is 2. The fourth-order valence-corrected chi connectivity index (χ4v) is 5.55. The number of hydrogen-bond donors (Lipinski definition) is 2. The highest BCUT2D eigenvalue weighted by atomic mass is 32.2. The average molecular weight is 478 g/mol. The molecule has 0 spiro atoms. The lowest BCUT2D eigenvalue weighted by molar-refractivity contribution is 0.249. The van der Waals surface area contributed by atoms with Gasteiger partial charge < -0.3 is 15.5 Å². The molecule has 0 aromatic heterocycles. The summed E-state index contributed by atoms with van der Waals surface area (Å²) in [4.78, 5) is 14.9. The van der Waals surface area contributed by atoms with Crippen molar-refractivity contribution in [3.05, 3.63) is 95.1 Å². The number of likely N-dealkylation sites (N-methyl/N-ethyl adjacent to an activating group) is 1. The van der Waals surface area contributed by atoms with Gasteiger partial charge in [-0.1, -0.05) is 48.5 Å². The zero-order chi connectivity index (χ0) is 24.1. The molecule has 2 amide bonds. The Kier molecular flexibility index (Phi) is 7.34. The second-order valence-electron chi connectivity index (χ2n) is 8.92. The highest BCUT2D eigenvalue weighted by molar-refractivity contribution is 7.90. The Morgan fingerprint density at radius 3 is 2.32 bits per heavy atom. The minimum absolute atomic E-state index is 0.0437. The molecule has 0 bridgehead atoms. The van der Waals surface area contributed by atoms with E-state index in [0.29, 0.717) is 5.69 Å². The van der Waals surface area contributed by atoms with E-state index in [9.17, 15) is 13.2 Å². The largest absolute Gasteiger partial charge is 0.331 e. The molecule has 1 aliphatic rings. The molecule has 3 aromatic carbocycles. The third-order valence-corrected chi connectivity index (χ3v) is 7.98. The zero-order valence-corrected chi connectivity index (χ0v) is 20.4. The summed E-state index contributed by atoms with van der Waals surface area (Å²) < 4.78 is 26.0. The Labute approximate surface area is 201 Å². The van der Waals surface area contributed by atoms with Crippen LogP contribution in [-0.2, 0) is 28.4 Å². The number of nitrogens with zero attached hydrogens (tertiary/aromatic N) is 1. The van der Waals surface area contributed by atoms with Gasteiger partial charge in [-0.3, -0.25) is 0 Å². The van der Waals surface area contributed by atoms with Crippen molar-refractivity contribution in [2.24, 2.45) is 0 Å². The summed E-state index contributed by atoms with van der Waals surface area (Å²) in [6.07, 6.45) is 1.93. The lowest BCUT2D eigenvalue weighted by Crippen LogP contribution is -2.31. The number of rotatable bonds is 6. The van der Waals surface area contributed by atoms with Crippen LogP contribution in [0.2, 0.25) is 0 Å². The Balaban J connectivity index is 1.38. The number of amides is 2. The van der Waals surface area contributed by atoms with Gasteiger partial charge in [0, 0.05) is 18.8 Å². The fraction of sp³-hybridized carbons (Fsp3) is 0.296. The lowest BCUT2D eigenvalue weighted by Gasteiger charge is -2.15. The van der Waals surface area contributed by atoms with Crippen molar-refractivity contribution in [3.63, 3.8) is 0 Å². The van der Waals surface area contributed by atoms with E-state index < -0.39 is 9.84 Å². The summed E-state index contributed by atoms with van der Waals surface area (Å²) in [6.45, 7) is 3.91. The van der Waals surface area contributed by atoms with Gasteiger partial charge >= 0.3 is 6.03 Å². The van der Waals surface area contributed by atoms with E-state index in [0.717, 1.165) is 37.1 Å². The molecular formula is C27H31N3O3S. The lowest BCUT2D eigenvalue weighted by atomic mass is 10.0. The molecular weight excluding hydrogens is 446 g/mol. The number of carbonyl (C=O) groups is 1. The number of carbonyl (C=O) groups excluding carboxylic acids is 1. The molecule has 0 fully saturated rings. The highest BCUT2D eigenvalue weighted by Gasteiger charge is 2.18. The van der Waals surface area contributed by atoms with Gasteiger partial charge in [-0.15, -0.1) is 0 Å². The van der Waals surface area contributed by atoms with Crippen LogP contribution in [0.1, 0.15) is 35.2 Å². The zero-order valence-electron chi connectivity index (χ0n) is 19.6. The maximum Gasteiger partial charge on any atom is 0.319 e. The van der Waals surface area contributed by atoms with Gasteiger partial charge in [-0.05, 0) is 73.3 Å². The summed E-state index contributed by atoms with van der Waals surface area (Å²) >= 11 is 0. The van der Waals surface area contributed by atoms with Crippen LogP contribution in [-0.4, -0.2) is 39.5 Å². The van der Waals surface area contributed by atoms with Crippen molar-refractivity contribution in [3.8, 4) is 0 Å². The van der Waals surface area contributed by atoms with Gasteiger partial charge in [0.25, 0.3) is 0 Å². The Morgan fingerprint density at radius 2 is 1.62 bits per heavy atom. The van der Waals surface area contributed by atoms with E-state index in [-0.39, 0.29) is 22.7 Å². The van der Waals surface area contributed by atoms with E-state index in [1.54, 1.807) is 24.3 Å². The summed E-state index contributed by atoms with van der Waals surface area (Å²) in [5, 5.41) is 5.65. The Bertz CT molecular complexity index is 1240. The first kappa shape index (κ1) is 24.0. The predicted molar refractivity (Wildman–Crippen MR) is 136 cm³/mol. The molecule has 0 aliphatic carbocycles. The number of hydrogen-bond acceptors (Lipinski definition) is 4. The number of fused-ring (bicyclic) bond motifs is 1. The van der Waals surface area contributed by atoms with Crippen LogP contribution in [0.25, 0.3) is 0 Å². The van der Waals surface area contributed by atoms with Gasteiger partial charge in [-0.2, -0.15) is 0 Å². The molecule has 34 heavy (non-hydrogen) atoms. The molecule has 1 heterocycles. The summed E-state index contributed by atoms with van der Waals surface area (Å²) in [5.41, 5.74) is 4.89. The van der Waals surface area contributed by atoms with E-state index in [1.165, 1.54) is 11.1 Å². The van der Waals surface area contributed by atoms with Crippen molar-refractivity contribution in [1.29, 1.82) is 0 Å². The normalized spacial score (nSPS) is 15.1. The average Bonchev–Trinajstić information content (AvgIpc) is 3.01. The summed E-state index contributed by atoms with van der Waals surface area (Å²) in [7, 11) is -1.38. The molecule has 7 heteroatoms. The minimum atomic E-state index is -3.50. The molecule has 3 aromatic rings. The van der Waals surface area contributed by atoms with Gasteiger partial charge in [0.2, 0.25) is 0 Å². The summed E-state index contributed by atoms with van der Waals surface area (Å²) in [5.74, 6) is -0.0437. The van der Waals surface area contributed by atoms with Crippen LogP contribution in [0.4, 0.5) is 10.5 Å². The van der Waals surface area contributed by atoms with Gasteiger partial charge in [0.05, 0.1) is 16.7 Å². The second kappa shape index (κ2) is 10.4. The molecule has 0 saturated carbocycles. The molecule has 178 valence electrons. The third kappa shape index (κ3) is 6.04. The number of urea groups is 1. The van der Waals surface area contributed by atoms with Crippen molar-refractivity contribution in [1.82, 2.24) is 10.2 Å². The molecule has 2 N–H and O–H groups in total. The van der Waals surface area contributed by atoms with Crippen molar-refractivity contribution >= 4 is 21.6 Å².